The van der Waals surface area contributed by atoms with E-state index in [1.54, 1.807) is 0 Å². The van der Waals surface area contributed by atoms with Crippen LogP contribution in [0, 0.1) is 0 Å². The SMILES string of the molecule is CCc1ccc(/C(C)=C/CN)cc1. The molecule has 70 valence electrons. The normalized spacial score (nSPS) is 11.8. The third kappa shape index (κ3) is 2.71. The summed E-state index contributed by atoms with van der Waals surface area (Å²) in [6.07, 6.45) is 3.14. The summed E-state index contributed by atoms with van der Waals surface area (Å²) in [6, 6.07) is 8.65. The van der Waals surface area contributed by atoms with Gasteiger partial charge in [0.15, 0.2) is 0 Å². The number of aryl methyl sites for hydroxylation is 1. The van der Waals surface area contributed by atoms with E-state index >= 15 is 0 Å². The average molecular weight is 175 g/mol. The zero-order valence-corrected chi connectivity index (χ0v) is 8.38. The van der Waals surface area contributed by atoms with Crippen LogP contribution in [0.2, 0.25) is 0 Å². The van der Waals surface area contributed by atoms with Crippen LogP contribution < -0.4 is 5.73 Å². The fourth-order valence-corrected chi connectivity index (χ4v) is 1.30. The minimum absolute atomic E-state index is 0.612. The second kappa shape index (κ2) is 4.83. The molecule has 1 aromatic carbocycles. The van der Waals surface area contributed by atoms with E-state index in [-0.39, 0.29) is 0 Å². The van der Waals surface area contributed by atoms with Crippen molar-refractivity contribution in [3.05, 3.63) is 41.5 Å². The lowest BCUT2D eigenvalue weighted by molar-refractivity contribution is 1.14. The first-order chi connectivity index (χ1) is 6.27. The molecule has 0 aliphatic carbocycles. The summed E-state index contributed by atoms with van der Waals surface area (Å²) in [6.45, 7) is 4.87. The van der Waals surface area contributed by atoms with Gasteiger partial charge in [0.2, 0.25) is 0 Å². The molecule has 0 aliphatic rings. The maximum absolute atomic E-state index is 5.45. The van der Waals surface area contributed by atoms with E-state index in [1.807, 2.05) is 6.08 Å². The predicted octanol–water partition coefficient (Wildman–Crippen LogP) is 2.61. The molecule has 0 atom stereocenters. The molecule has 1 nitrogen and oxygen atoms in total. The van der Waals surface area contributed by atoms with Crippen molar-refractivity contribution in [2.45, 2.75) is 20.3 Å². The van der Waals surface area contributed by atoms with Crippen molar-refractivity contribution in [3.8, 4) is 0 Å². The molecule has 0 radical (unpaired) electrons. The van der Waals surface area contributed by atoms with Crippen molar-refractivity contribution in [2.24, 2.45) is 5.73 Å². The van der Waals surface area contributed by atoms with Gasteiger partial charge >= 0.3 is 0 Å². The first-order valence-corrected chi connectivity index (χ1v) is 4.74. The van der Waals surface area contributed by atoms with Gasteiger partial charge < -0.3 is 5.73 Å². The van der Waals surface area contributed by atoms with Crippen LogP contribution in [0.1, 0.15) is 25.0 Å². The second-order valence-electron chi connectivity index (χ2n) is 3.17. The molecule has 0 spiro atoms. The van der Waals surface area contributed by atoms with Crippen LogP contribution in [-0.4, -0.2) is 6.54 Å². The van der Waals surface area contributed by atoms with Gasteiger partial charge in [-0.15, -0.1) is 0 Å². The summed E-state index contributed by atoms with van der Waals surface area (Å²) in [4.78, 5) is 0. The highest BCUT2D eigenvalue weighted by molar-refractivity contribution is 5.63. The second-order valence-corrected chi connectivity index (χ2v) is 3.17. The number of rotatable bonds is 3. The van der Waals surface area contributed by atoms with E-state index in [1.165, 1.54) is 16.7 Å². The minimum atomic E-state index is 0.612. The Hall–Kier alpha value is -1.08. The van der Waals surface area contributed by atoms with Gasteiger partial charge in [-0.3, -0.25) is 0 Å². The average Bonchev–Trinajstić information content (AvgIpc) is 2.18. The van der Waals surface area contributed by atoms with Crippen LogP contribution in [0.15, 0.2) is 30.3 Å². The van der Waals surface area contributed by atoms with Crippen molar-refractivity contribution in [3.63, 3.8) is 0 Å². The quantitative estimate of drug-likeness (QED) is 0.750. The van der Waals surface area contributed by atoms with Crippen molar-refractivity contribution in [2.75, 3.05) is 6.54 Å². The molecule has 0 saturated carbocycles. The standard InChI is InChI=1S/C12H17N/c1-3-11-4-6-12(7-5-11)10(2)8-9-13/h4-8H,3,9,13H2,1-2H3/b10-8+. The smallest absolute Gasteiger partial charge is 0.0112 e. The van der Waals surface area contributed by atoms with Gasteiger partial charge in [0.25, 0.3) is 0 Å². The highest BCUT2D eigenvalue weighted by Gasteiger charge is 1.94. The number of allylic oxidation sites excluding steroid dienone is 1. The van der Waals surface area contributed by atoms with Gasteiger partial charge in [0.1, 0.15) is 0 Å². The predicted molar refractivity (Wildman–Crippen MR) is 58.5 cm³/mol. The van der Waals surface area contributed by atoms with E-state index in [0.717, 1.165) is 6.42 Å². The summed E-state index contributed by atoms with van der Waals surface area (Å²) >= 11 is 0. The fourth-order valence-electron chi connectivity index (χ4n) is 1.30. The van der Waals surface area contributed by atoms with Crippen LogP contribution in [0.25, 0.3) is 5.57 Å². The summed E-state index contributed by atoms with van der Waals surface area (Å²) in [7, 11) is 0. The maximum Gasteiger partial charge on any atom is 0.0112 e. The molecule has 0 unspecified atom stereocenters. The van der Waals surface area contributed by atoms with E-state index in [2.05, 4.69) is 38.1 Å². The first-order valence-electron chi connectivity index (χ1n) is 4.74. The van der Waals surface area contributed by atoms with Gasteiger partial charge in [0.05, 0.1) is 0 Å². The van der Waals surface area contributed by atoms with E-state index in [0.29, 0.717) is 6.54 Å². The zero-order valence-electron chi connectivity index (χ0n) is 8.38. The third-order valence-corrected chi connectivity index (χ3v) is 2.24. The van der Waals surface area contributed by atoms with Crippen LogP contribution >= 0.6 is 0 Å². The zero-order chi connectivity index (χ0) is 9.68. The highest BCUT2D eigenvalue weighted by Crippen LogP contribution is 2.14. The molecule has 0 aliphatic heterocycles. The van der Waals surface area contributed by atoms with Gasteiger partial charge in [-0.25, -0.2) is 0 Å². The molecule has 0 amide bonds. The molecule has 1 aromatic rings. The van der Waals surface area contributed by atoms with Crippen molar-refractivity contribution in [1.82, 2.24) is 0 Å². The van der Waals surface area contributed by atoms with Crippen molar-refractivity contribution in [1.29, 1.82) is 0 Å². The molecular weight excluding hydrogens is 158 g/mol. The fraction of sp³-hybridized carbons (Fsp3) is 0.333. The third-order valence-electron chi connectivity index (χ3n) is 2.24. The molecule has 0 aromatic heterocycles. The van der Waals surface area contributed by atoms with E-state index in [9.17, 15) is 0 Å². The van der Waals surface area contributed by atoms with Crippen LogP contribution in [0.5, 0.6) is 0 Å². The molecule has 2 N–H and O–H groups in total. The number of hydrogen-bond donors (Lipinski definition) is 1. The molecule has 0 bridgehead atoms. The Labute approximate surface area is 80.3 Å². The lowest BCUT2D eigenvalue weighted by Gasteiger charge is -2.02. The Morgan fingerprint density at radius 3 is 2.38 bits per heavy atom. The van der Waals surface area contributed by atoms with E-state index < -0.39 is 0 Å². The number of benzene rings is 1. The number of nitrogens with two attached hydrogens (primary N) is 1. The molecule has 1 heteroatoms. The Morgan fingerprint density at radius 1 is 1.31 bits per heavy atom. The van der Waals surface area contributed by atoms with Gasteiger partial charge in [-0.05, 0) is 30.0 Å². The molecule has 1 rings (SSSR count). The monoisotopic (exact) mass is 175 g/mol. The van der Waals surface area contributed by atoms with Gasteiger partial charge in [0, 0.05) is 6.54 Å². The van der Waals surface area contributed by atoms with Gasteiger partial charge in [-0.1, -0.05) is 37.3 Å². The Balaban J connectivity index is 2.85. The van der Waals surface area contributed by atoms with Crippen LogP contribution in [0.4, 0.5) is 0 Å². The van der Waals surface area contributed by atoms with Crippen LogP contribution in [-0.2, 0) is 6.42 Å². The minimum Gasteiger partial charge on any atom is -0.327 e. The van der Waals surface area contributed by atoms with Crippen LogP contribution in [0.3, 0.4) is 0 Å². The molecule has 0 saturated heterocycles. The van der Waals surface area contributed by atoms with Gasteiger partial charge in [-0.2, -0.15) is 0 Å². The molecule has 13 heavy (non-hydrogen) atoms. The summed E-state index contributed by atoms with van der Waals surface area (Å²) in [5.41, 5.74) is 9.35. The topological polar surface area (TPSA) is 26.0 Å². The molecule has 0 fully saturated rings. The molecular formula is C12H17N. The van der Waals surface area contributed by atoms with Crippen molar-refractivity contribution < 1.29 is 0 Å². The summed E-state index contributed by atoms with van der Waals surface area (Å²) in [5, 5.41) is 0. The summed E-state index contributed by atoms with van der Waals surface area (Å²) in [5.74, 6) is 0. The maximum atomic E-state index is 5.45. The lowest BCUT2D eigenvalue weighted by Crippen LogP contribution is -1.94. The van der Waals surface area contributed by atoms with Crippen molar-refractivity contribution >= 4 is 5.57 Å². The largest absolute Gasteiger partial charge is 0.327 e. The van der Waals surface area contributed by atoms with E-state index in [4.69, 9.17) is 5.73 Å². The first kappa shape index (κ1) is 10.0. The Morgan fingerprint density at radius 2 is 1.92 bits per heavy atom. The Kier molecular flexibility index (Phi) is 3.71. The molecule has 0 heterocycles. The lowest BCUT2D eigenvalue weighted by atomic mass is 10.0. The summed E-state index contributed by atoms with van der Waals surface area (Å²) < 4.78 is 0. The number of hydrogen-bond acceptors (Lipinski definition) is 1. The Bertz CT molecular complexity index is 282. The highest BCUT2D eigenvalue weighted by atomic mass is 14.5.